The Morgan fingerprint density at radius 3 is 2.68 bits per heavy atom. The second-order valence-electron chi connectivity index (χ2n) is 6.15. The van der Waals surface area contributed by atoms with Crippen LogP contribution in [-0.2, 0) is 24.4 Å². The fourth-order valence-corrected chi connectivity index (χ4v) is 2.73. The van der Waals surface area contributed by atoms with Gasteiger partial charge in [0.25, 0.3) is 0 Å². The molecule has 0 aliphatic carbocycles. The Balaban J connectivity index is 0.00000392. The summed E-state index contributed by atoms with van der Waals surface area (Å²) < 4.78 is 34.1. The molecule has 2 N–H and O–H groups in total. The quantitative estimate of drug-likeness (QED) is 0.327. The first-order chi connectivity index (χ1) is 13.0. The molecule has 1 aromatic heterocycles. The Morgan fingerprint density at radius 2 is 2.00 bits per heavy atom. The van der Waals surface area contributed by atoms with Crippen molar-refractivity contribution in [2.45, 2.75) is 40.4 Å². The van der Waals surface area contributed by atoms with E-state index in [-0.39, 0.29) is 36.1 Å². The minimum atomic E-state index is -0.478. The van der Waals surface area contributed by atoms with Crippen molar-refractivity contribution >= 4 is 29.9 Å². The molecule has 0 atom stereocenters. The highest BCUT2D eigenvalue weighted by atomic mass is 127. The summed E-state index contributed by atoms with van der Waals surface area (Å²) >= 11 is 0. The van der Waals surface area contributed by atoms with E-state index in [0.717, 1.165) is 35.2 Å². The summed E-state index contributed by atoms with van der Waals surface area (Å²) in [7, 11) is 1.66. The van der Waals surface area contributed by atoms with E-state index in [1.165, 1.54) is 0 Å². The molecule has 0 amide bonds. The summed E-state index contributed by atoms with van der Waals surface area (Å²) in [5.41, 5.74) is 3.28. The summed E-state index contributed by atoms with van der Waals surface area (Å²) in [5.74, 6) is -0.416. The SMILES string of the molecule is CCNC(=NCc1cc(F)ccc1F)NCc1c(C)nn(CCOC)c1C.I. The molecule has 156 valence electrons. The topological polar surface area (TPSA) is 63.5 Å². The molecular weight excluding hydrogens is 479 g/mol. The molecule has 0 radical (unpaired) electrons. The van der Waals surface area contributed by atoms with E-state index in [9.17, 15) is 8.78 Å². The number of aromatic nitrogens is 2. The number of nitrogens with one attached hydrogen (secondary N) is 2. The van der Waals surface area contributed by atoms with E-state index in [0.29, 0.717) is 32.2 Å². The van der Waals surface area contributed by atoms with Gasteiger partial charge in [-0.25, -0.2) is 13.8 Å². The molecule has 0 saturated carbocycles. The van der Waals surface area contributed by atoms with E-state index in [1.54, 1.807) is 7.11 Å². The van der Waals surface area contributed by atoms with Crippen molar-refractivity contribution in [2.75, 3.05) is 20.3 Å². The lowest BCUT2D eigenvalue weighted by Crippen LogP contribution is -2.37. The minimum absolute atomic E-state index is 0. The van der Waals surface area contributed by atoms with Gasteiger partial charge in [-0.2, -0.15) is 5.10 Å². The predicted molar refractivity (Wildman–Crippen MR) is 117 cm³/mol. The molecule has 2 rings (SSSR count). The van der Waals surface area contributed by atoms with Gasteiger partial charge in [0.2, 0.25) is 0 Å². The van der Waals surface area contributed by atoms with Crippen LogP contribution in [0.15, 0.2) is 23.2 Å². The maximum Gasteiger partial charge on any atom is 0.191 e. The number of halogens is 3. The molecule has 28 heavy (non-hydrogen) atoms. The average Bonchev–Trinajstić information content (AvgIpc) is 2.91. The third-order valence-corrected chi connectivity index (χ3v) is 4.23. The van der Waals surface area contributed by atoms with Gasteiger partial charge in [0.05, 0.1) is 25.4 Å². The molecule has 9 heteroatoms. The van der Waals surface area contributed by atoms with Crippen LogP contribution in [0, 0.1) is 25.5 Å². The van der Waals surface area contributed by atoms with Gasteiger partial charge in [-0.05, 0) is 39.0 Å². The van der Waals surface area contributed by atoms with E-state index in [2.05, 4.69) is 20.7 Å². The van der Waals surface area contributed by atoms with Crippen molar-refractivity contribution in [3.05, 3.63) is 52.3 Å². The number of aliphatic imine (C=N–C) groups is 1. The van der Waals surface area contributed by atoms with Crippen LogP contribution >= 0.6 is 24.0 Å². The maximum atomic E-state index is 13.8. The molecule has 0 spiro atoms. The number of rotatable bonds is 8. The van der Waals surface area contributed by atoms with Crippen LogP contribution in [0.4, 0.5) is 8.78 Å². The number of hydrogen-bond acceptors (Lipinski definition) is 3. The van der Waals surface area contributed by atoms with Crippen LogP contribution in [0.1, 0.15) is 29.4 Å². The normalized spacial score (nSPS) is 11.3. The Bertz CT molecular complexity index is 795. The van der Waals surface area contributed by atoms with Gasteiger partial charge in [-0.3, -0.25) is 4.68 Å². The van der Waals surface area contributed by atoms with E-state index in [4.69, 9.17) is 4.74 Å². The highest BCUT2D eigenvalue weighted by Gasteiger charge is 2.12. The monoisotopic (exact) mass is 507 g/mol. The number of guanidine groups is 1. The minimum Gasteiger partial charge on any atom is -0.383 e. The van der Waals surface area contributed by atoms with Gasteiger partial charge in [-0.1, -0.05) is 0 Å². The van der Waals surface area contributed by atoms with Gasteiger partial charge in [0.1, 0.15) is 11.6 Å². The average molecular weight is 507 g/mol. The second-order valence-corrected chi connectivity index (χ2v) is 6.15. The molecule has 2 aromatic rings. The van der Waals surface area contributed by atoms with Gasteiger partial charge in [0.15, 0.2) is 5.96 Å². The van der Waals surface area contributed by atoms with E-state index in [1.807, 2.05) is 25.5 Å². The number of nitrogens with zero attached hydrogens (tertiary/aromatic N) is 3. The van der Waals surface area contributed by atoms with Crippen LogP contribution < -0.4 is 10.6 Å². The zero-order chi connectivity index (χ0) is 19.8. The number of hydrogen-bond donors (Lipinski definition) is 2. The van der Waals surface area contributed by atoms with E-state index < -0.39 is 11.6 Å². The number of methoxy groups -OCH3 is 1. The largest absolute Gasteiger partial charge is 0.383 e. The molecule has 0 bridgehead atoms. The number of benzene rings is 1. The maximum absolute atomic E-state index is 13.8. The van der Waals surface area contributed by atoms with Crippen molar-refractivity contribution in [3.63, 3.8) is 0 Å². The summed E-state index contributed by atoms with van der Waals surface area (Å²) in [4.78, 5) is 4.36. The summed E-state index contributed by atoms with van der Waals surface area (Å²) in [6, 6.07) is 3.37. The smallest absolute Gasteiger partial charge is 0.191 e. The third-order valence-electron chi connectivity index (χ3n) is 4.23. The van der Waals surface area contributed by atoms with Crippen molar-refractivity contribution in [3.8, 4) is 0 Å². The summed E-state index contributed by atoms with van der Waals surface area (Å²) in [6.07, 6.45) is 0. The van der Waals surface area contributed by atoms with Gasteiger partial charge >= 0.3 is 0 Å². The van der Waals surface area contributed by atoms with Crippen LogP contribution in [0.2, 0.25) is 0 Å². The molecule has 1 heterocycles. The van der Waals surface area contributed by atoms with Crippen molar-refractivity contribution in [2.24, 2.45) is 4.99 Å². The molecule has 0 fully saturated rings. The molecule has 6 nitrogen and oxygen atoms in total. The van der Waals surface area contributed by atoms with Crippen LogP contribution in [0.3, 0.4) is 0 Å². The lowest BCUT2D eigenvalue weighted by atomic mass is 10.2. The lowest BCUT2D eigenvalue weighted by Gasteiger charge is -2.12. The lowest BCUT2D eigenvalue weighted by molar-refractivity contribution is 0.182. The third kappa shape index (κ3) is 6.69. The molecule has 1 aromatic carbocycles. The van der Waals surface area contributed by atoms with Crippen LogP contribution in [0.5, 0.6) is 0 Å². The van der Waals surface area contributed by atoms with Crippen molar-refractivity contribution < 1.29 is 13.5 Å². The number of ether oxygens (including phenoxy) is 1. The first-order valence-corrected chi connectivity index (χ1v) is 8.94. The molecule has 0 saturated heterocycles. The van der Waals surface area contributed by atoms with Crippen LogP contribution in [-0.4, -0.2) is 36.0 Å². The zero-order valence-electron chi connectivity index (χ0n) is 16.7. The fourth-order valence-electron chi connectivity index (χ4n) is 2.73. The Morgan fingerprint density at radius 1 is 1.25 bits per heavy atom. The zero-order valence-corrected chi connectivity index (χ0v) is 19.0. The Labute approximate surface area is 181 Å². The Kier molecular flexibility index (Phi) is 10.4. The molecule has 0 unspecified atom stereocenters. The van der Waals surface area contributed by atoms with Crippen molar-refractivity contribution in [1.29, 1.82) is 0 Å². The summed E-state index contributed by atoms with van der Waals surface area (Å²) in [6.45, 7) is 8.43. The second kappa shape index (κ2) is 11.9. The Hall–Kier alpha value is -1.75. The number of aryl methyl sites for hydroxylation is 1. The highest BCUT2D eigenvalue weighted by Crippen LogP contribution is 2.13. The highest BCUT2D eigenvalue weighted by molar-refractivity contribution is 14.0. The molecule has 0 aliphatic heterocycles. The molecular formula is C19H28F2IN5O. The first-order valence-electron chi connectivity index (χ1n) is 8.94. The van der Waals surface area contributed by atoms with Crippen LogP contribution in [0.25, 0.3) is 0 Å². The summed E-state index contributed by atoms with van der Waals surface area (Å²) in [5, 5.41) is 10.9. The molecule has 0 aliphatic rings. The van der Waals surface area contributed by atoms with Crippen molar-refractivity contribution in [1.82, 2.24) is 20.4 Å². The van der Waals surface area contributed by atoms with E-state index >= 15 is 0 Å². The predicted octanol–water partition coefficient (Wildman–Crippen LogP) is 3.30. The van der Waals surface area contributed by atoms with Gasteiger partial charge in [0, 0.05) is 37.0 Å². The van der Waals surface area contributed by atoms with Gasteiger partial charge < -0.3 is 15.4 Å². The van der Waals surface area contributed by atoms with Gasteiger partial charge in [-0.15, -0.1) is 24.0 Å². The fraction of sp³-hybridized carbons (Fsp3) is 0.474. The standard InChI is InChI=1S/C19H27F2N5O.HI/c1-5-22-19(23-11-15-10-16(20)6-7-18(15)21)24-12-17-13(2)25-26(14(17)3)8-9-27-4;/h6-7,10H,5,8-9,11-12H2,1-4H3,(H2,22,23,24);1H. The first kappa shape index (κ1) is 24.3.